The molecule has 0 spiro atoms. The zero-order valence-electron chi connectivity index (χ0n) is 15.9. The van der Waals surface area contributed by atoms with Crippen molar-refractivity contribution in [3.05, 3.63) is 59.5 Å². The van der Waals surface area contributed by atoms with Crippen LogP contribution in [0.4, 0.5) is 0 Å². The number of aromatic amines is 3. The van der Waals surface area contributed by atoms with Gasteiger partial charge in [-0.2, -0.15) is 0 Å². The molecule has 9 nitrogen and oxygen atoms in total. The van der Waals surface area contributed by atoms with Gasteiger partial charge in [-0.3, -0.25) is 0 Å². The first-order chi connectivity index (χ1) is 14.8. The summed E-state index contributed by atoms with van der Waals surface area (Å²) in [5.74, 6) is -2.26. The van der Waals surface area contributed by atoms with Crippen molar-refractivity contribution >= 4 is 27.8 Å². The van der Waals surface area contributed by atoms with Crippen LogP contribution in [-0.2, 0) is 6.42 Å². The molecule has 2 aromatic carbocycles. The second kappa shape index (κ2) is 6.49. The number of fused-ring (bicyclic) bond motifs is 2. The Morgan fingerprint density at radius 2 is 1.61 bits per heavy atom. The van der Waals surface area contributed by atoms with Crippen LogP contribution in [0.1, 0.15) is 21.7 Å². The van der Waals surface area contributed by atoms with E-state index in [0.717, 1.165) is 0 Å². The number of rotatable bonds is 4. The lowest BCUT2D eigenvalue weighted by Gasteiger charge is -2.06. The highest BCUT2D eigenvalue weighted by Crippen LogP contribution is 2.44. The number of carboxylic acids is 1. The van der Waals surface area contributed by atoms with Crippen molar-refractivity contribution < 1.29 is 30.3 Å². The number of carbonyl (C=O) groups is 1. The van der Waals surface area contributed by atoms with Gasteiger partial charge in [-0.1, -0.05) is 0 Å². The van der Waals surface area contributed by atoms with Crippen molar-refractivity contribution in [3.63, 3.8) is 0 Å². The Bertz CT molecular complexity index is 1450. The molecule has 5 aromatic rings. The van der Waals surface area contributed by atoms with E-state index in [2.05, 4.69) is 15.0 Å². The number of hydrogen-bond donors (Lipinski definition) is 8. The van der Waals surface area contributed by atoms with Crippen LogP contribution >= 0.6 is 0 Å². The fourth-order valence-corrected chi connectivity index (χ4v) is 3.92. The van der Waals surface area contributed by atoms with E-state index >= 15 is 0 Å². The van der Waals surface area contributed by atoms with Crippen LogP contribution in [-0.4, -0.2) is 46.5 Å². The highest BCUT2D eigenvalue weighted by atomic mass is 16.4. The van der Waals surface area contributed by atoms with Crippen LogP contribution in [0.25, 0.3) is 33.1 Å². The van der Waals surface area contributed by atoms with Crippen molar-refractivity contribution in [2.75, 3.05) is 0 Å². The Kier molecular flexibility index (Phi) is 3.87. The molecule has 0 aliphatic carbocycles. The van der Waals surface area contributed by atoms with Gasteiger partial charge in [0.1, 0.15) is 5.69 Å². The first-order valence-electron chi connectivity index (χ1n) is 9.33. The third kappa shape index (κ3) is 2.91. The first kappa shape index (κ1) is 18.5. The molecule has 0 fully saturated rings. The Hall–Kier alpha value is -4.53. The molecular weight excluding hydrogens is 402 g/mol. The number of aromatic carboxylic acids is 1. The number of nitrogens with one attached hydrogen (secondary N) is 3. The zero-order chi connectivity index (χ0) is 21.9. The Morgan fingerprint density at radius 1 is 0.871 bits per heavy atom. The molecule has 9 heteroatoms. The molecule has 5 rings (SSSR count). The monoisotopic (exact) mass is 419 g/mol. The van der Waals surface area contributed by atoms with Gasteiger partial charge in [0.05, 0.1) is 16.8 Å². The van der Waals surface area contributed by atoms with E-state index in [1.165, 1.54) is 18.2 Å². The number of phenolic OH excluding ortho intramolecular Hbond substituents is 4. The van der Waals surface area contributed by atoms with Crippen molar-refractivity contribution in [1.29, 1.82) is 0 Å². The highest BCUT2D eigenvalue weighted by Gasteiger charge is 2.20. The van der Waals surface area contributed by atoms with E-state index in [1.807, 2.05) is 0 Å². The minimum absolute atomic E-state index is 0.0970. The quantitative estimate of drug-likeness (QED) is 0.207. The largest absolute Gasteiger partial charge is 0.504 e. The molecule has 0 aliphatic rings. The summed E-state index contributed by atoms with van der Waals surface area (Å²) >= 11 is 0. The third-order valence-electron chi connectivity index (χ3n) is 5.35. The van der Waals surface area contributed by atoms with Crippen LogP contribution in [0.5, 0.6) is 23.0 Å². The number of phenols is 4. The first-order valence-corrected chi connectivity index (χ1v) is 9.33. The molecule has 156 valence electrons. The Balaban J connectivity index is 1.67. The minimum Gasteiger partial charge on any atom is -0.504 e. The summed E-state index contributed by atoms with van der Waals surface area (Å²) in [4.78, 5) is 20.3. The van der Waals surface area contributed by atoms with Crippen LogP contribution in [0.2, 0.25) is 0 Å². The van der Waals surface area contributed by atoms with Gasteiger partial charge in [0.25, 0.3) is 0 Å². The molecule has 0 amide bonds. The van der Waals surface area contributed by atoms with Gasteiger partial charge < -0.3 is 40.5 Å². The molecule has 3 heterocycles. The summed E-state index contributed by atoms with van der Waals surface area (Å²) in [6.07, 6.45) is 1.86. The van der Waals surface area contributed by atoms with Crippen molar-refractivity contribution in [3.8, 4) is 34.3 Å². The lowest BCUT2D eigenvalue weighted by atomic mass is 10.0. The Morgan fingerprint density at radius 3 is 2.39 bits per heavy atom. The van der Waals surface area contributed by atoms with E-state index in [4.69, 9.17) is 0 Å². The molecule has 0 bridgehead atoms. The third-order valence-corrected chi connectivity index (χ3v) is 5.35. The van der Waals surface area contributed by atoms with Crippen LogP contribution in [0.3, 0.4) is 0 Å². The van der Waals surface area contributed by atoms with Crippen molar-refractivity contribution in [1.82, 2.24) is 15.0 Å². The summed E-state index contributed by atoms with van der Waals surface area (Å²) in [5, 5.41) is 50.9. The lowest BCUT2D eigenvalue weighted by molar-refractivity contribution is 0.0690. The van der Waals surface area contributed by atoms with Crippen LogP contribution in [0.15, 0.2) is 42.6 Å². The number of aromatic nitrogens is 3. The summed E-state index contributed by atoms with van der Waals surface area (Å²) in [7, 11) is 0. The van der Waals surface area contributed by atoms with Gasteiger partial charge in [0.2, 0.25) is 0 Å². The van der Waals surface area contributed by atoms with Gasteiger partial charge in [0.15, 0.2) is 23.0 Å². The molecule has 0 radical (unpaired) electrons. The molecule has 0 aliphatic heterocycles. The number of carboxylic acid groups (broad SMARTS) is 1. The van der Waals surface area contributed by atoms with Crippen molar-refractivity contribution in [2.45, 2.75) is 6.42 Å². The summed E-state index contributed by atoms with van der Waals surface area (Å²) in [6, 6.07) is 9.30. The summed E-state index contributed by atoms with van der Waals surface area (Å²) in [5.41, 5.74) is 3.27. The molecule has 3 aromatic heterocycles. The van der Waals surface area contributed by atoms with Gasteiger partial charge in [-0.15, -0.1) is 0 Å². The molecule has 0 atom stereocenters. The maximum atomic E-state index is 11.4. The van der Waals surface area contributed by atoms with E-state index in [9.17, 15) is 30.3 Å². The summed E-state index contributed by atoms with van der Waals surface area (Å²) < 4.78 is 0. The van der Waals surface area contributed by atoms with Gasteiger partial charge in [-0.05, 0) is 29.8 Å². The van der Waals surface area contributed by atoms with Crippen LogP contribution in [0, 0.1) is 0 Å². The van der Waals surface area contributed by atoms with Crippen LogP contribution < -0.4 is 0 Å². The fraction of sp³-hybridized carbons (Fsp3) is 0.0455. The second-order valence-corrected chi connectivity index (χ2v) is 7.35. The lowest BCUT2D eigenvalue weighted by Crippen LogP contribution is -2.01. The van der Waals surface area contributed by atoms with E-state index < -0.39 is 5.97 Å². The second-order valence-electron chi connectivity index (χ2n) is 7.35. The fourth-order valence-electron chi connectivity index (χ4n) is 3.92. The summed E-state index contributed by atoms with van der Waals surface area (Å²) in [6.45, 7) is 0. The van der Waals surface area contributed by atoms with Gasteiger partial charge in [-0.25, -0.2) is 4.79 Å². The number of H-pyrrole nitrogens is 3. The number of hydrogen-bond acceptors (Lipinski definition) is 5. The number of aromatic hydroxyl groups is 4. The topological polar surface area (TPSA) is 166 Å². The minimum atomic E-state index is -1.06. The van der Waals surface area contributed by atoms with Crippen molar-refractivity contribution in [2.24, 2.45) is 0 Å². The van der Waals surface area contributed by atoms with E-state index in [0.29, 0.717) is 50.7 Å². The van der Waals surface area contributed by atoms with E-state index in [-0.39, 0.29) is 28.7 Å². The highest BCUT2D eigenvalue weighted by molar-refractivity contribution is 6.02. The van der Waals surface area contributed by atoms with Gasteiger partial charge in [0, 0.05) is 46.7 Å². The molecule has 31 heavy (non-hydrogen) atoms. The Labute approximate surface area is 173 Å². The smallest absolute Gasteiger partial charge is 0.352 e. The number of benzene rings is 2. The predicted molar refractivity (Wildman–Crippen MR) is 113 cm³/mol. The maximum absolute atomic E-state index is 11.4. The molecule has 0 saturated heterocycles. The zero-order valence-corrected chi connectivity index (χ0v) is 15.9. The van der Waals surface area contributed by atoms with Gasteiger partial charge >= 0.3 is 5.97 Å². The van der Waals surface area contributed by atoms with E-state index in [1.54, 1.807) is 24.4 Å². The standard InChI is InChI=1S/C22H17N3O6/c26-16-5-10-4-15(25-13(10)7-17(16)27)19-12-6-11(24-14(12)8-18(28)21(19)29)3-9-1-2-23-20(9)22(30)31/h1-2,4-8,23-29H,3H2,(H,30,31). The molecule has 8 N–H and O–H groups in total. The maximum Gasteiger partial charge on any atom is 0.352 e. The molecular formula is C22H17N3O6. The average molecular weight is 419 g/mol. The average Bonchev–Trinajstić information content (AvgIpc) is 3.42. The molecule has 0 saturated carbocycles. The SMILES string of the molecule is O=C(O)c1[nH]ccc1Cc1cc2c(-c3cc4cc(O)c(O)cc4[nH]3)c(O)c(O)cc2[nH]1. The predicted octanol–water partition coefficient (Wildman–Crippen LogP) is 3.76. The normalized spacial score (nSPS) is 11.5. The molecule has 0 unspecified atom stereocenters.